The van der Waals surface area contributed by atoms with Crippen LogP contribution in [0.25, 0.3) is 0 Å². The van der Waals surface area contributed by atoms with E-state index in [0.29, 0.717) is 0 Å². The van der Waals surface area contributed by atoms with Crippen molar-refractivity contribution in [2.45, 2.75) is 63.1 Å². The summed E-state index contributed by atoms with van der Waals surface area (Å²) in [5.41, 5.74) is 3.10. The first-order valence-electron chi connectivity index (χ1n) is 8.23. The van der Waals surface area contributed by atoms with E-state index in [1.54, 1.807) is 12.7 Å². The van der Waals surface area contributed by atoms with Gasteiger partial charge in [-0.15, -0.1) is 0 Å². The molecule has 3 aliphatic carbocycles. The van der Waals surface area contributed by atoms with Gasteiger partial charge in [0.25, 0.3) is 0 Å². The third-order valence-corrected chi connectivity index (χ3v) is 6.07. The fraction of sp³-hybridized carbons (Fsp3) is 0.667. The van der Waals surface area contributed by atoms with E-state index in [-0.39, 0.29) is 0 Å². The topological polar surface area (TPSA) is 9.23 Å². The number of hydrogen-bond acceptors (Lipinski definition) is 1. The van der Waals surface area contributed by atoms with Crippen molar-refractivity contribution in [1.82, 2.24) is 0 Å². The minimum absolute atomic E-state index is 0.857. The van der Waals surface area contributed by atoms with Gasteiger partial charge in [0.05, 0.1) is 32.3 Å². The highest BCUT2D eigenvalue weighted by Crippen LogP contribution is 2.47. The Kier molecular flexibility index (Phi) is 2.85. The molecule has 3 aliphatic rings. The van der Waals surface area contributed by atoms with Crippen LogP contribution in [0.5, 0.6) is 5.75 Å². The summed E-state index contributed by atoms with van der Waals surface area (Å²) in [5, 5.41) is 0. The lowest BCUT2D eigenvalue weighted by Gasteiger charge is -2.45. The normalized spacial score (nSPS) is 26.2. The number of nitrogens with zero attached hydrogens (tertiary/aromatic N) is 1. The van der Waals surface area contributed by atoms with Crippen molar-refractivity contribution in [3.05, 3.63) is 29.3 Å². The van der Waals surface area contributed by atoms with Crippen LogP contribution in [0.4, 0.5) is 0 Å². The highest BCUT2D eigenvalue weighted by molar-refractivity contribution is 5.37. The number of hydrogen-bond donors (Lipinski definition) is 0. The summed E-state index contributed by atoms with van der Waals surface area (Å²) in [6.45, 7) is 0. The summed E-state index contributed by atoms with van der Waals surface area (Å²) in [7, 11) is 4.33. The molecule has 0 bridgehead atoms. The molecule has 1 aromatic carbocycles. The van der Waals surface area contributed by atoms with Crippen LogP contribution in [0.3, 0.4) is 0 Å². The molecule has 20 heavy (non-hydrogen) atoms. The zero-order chi connectivity index (χ0) is 13.7. The van der Waals surface area contributed by atoms with Gasteiger partial charge < -0.3 is 9.22 Å². The highest BCUT2D eigenvalue weighted by Gasteiger charge is 2.55. The van der Waals surface area contributed by atoms with Crippen molar-refractivity contribution in [1.29, 1.82) is 0 Å². The van der Waals surface area contributed by atoms with Crippen molar-refractivity contribution in [2.75, 3.05) is 14.2 Å². The van der Waals surface area contributed by atoms with Gasteiger partial charge in [-0.3, -0.25) is 0 Å². The van der Waals surface area contributed by atoms with Crippen LogP contribution >= 0.6 is 0 Å². The molecular weight excluding hydrogens is 246 g/mol. The van der Waals surface area contributed by atoms with Gasteiger partial charge in [-0.25, -0.2) is 0 Å². The lowest BCUT2D eigenvalue weighted by Crippen LogP contribution is -2.57. The van der Waals surface area contributed by atoms with Crippen LogP contribution in [0.1, 0.15) is 43.2 Å². The molecule has 1 unspecified atom stereocenters. The zero-order valence-electron chi connectivity index (χ0n) is 12.8. The lowest BCUT2D eigenvalue weighted by atomic mass is 9.86. The van der Waals surface area contributed by atoms with E-state index < -0.39 is 0 Å². The highest BCUT2D eigenvalue weighted by atomic mass is 16.5. The number of rotatable bonds is 4. The molecule has 1 atom stereocenters. The fourth-order valence-electron chi connectivity index (χ4n) is 4.47. The summed E-state index contributed by atoms with van der Waals surface area (Å²) in [6.07, 6.45) is 9.77. The van der Waals surface area contributed by atoms with Crippen molar-refractivity contribution in [3.8, 4) is 5.75 Å². The van der Waals surface area contributed by atoms with Gasteiger partial charge in [-0.1, -0.05) is 6.07 Å². The molecule has 0 saturated heterocycles. The van der Waals surface area contributed by atoms with Gasteiger partial charge in [0.1, 0.15) is 5.75 Å². The molecule has 4 rings (SSSR count). The molecule has 2 heteroatoms. The van der Waals surface area contributed by atoms with Crippen molar-refractivity contribution in [3.63, 3.8) is 0 Å². The largest absolute Gasteiger partial charge is 0.497 e. The first-order valence-corrected chi connectivity index (χ1v) is 8.23. The summed E-state index contributed by atoms with van der Waals surface area (Å²) in [5.74, 6) is 1.02. The number of likely N-dealkylation sites (N-methyl/N-ethyl adjacent to an activating group) is 1. The molecule has 0 aromatic heterocycles. The molecule has 0 aliphatic heterocycles. The minimum atomic E-state index is 0.857. The van der Waals surface area contributed by atoms with Crippen LogP contribution in [0.15, 0.2) is 18.2 Å². The number of methoxy groups -OCH3 is 1. The Hall–Kier alpha value is -1.02. The molecule has 2 saturated carbocycles. The van der Waals surface area contributed by atoms with Gasteiger partial charge in [0.2, 0.25) is 0 Å². The maximum atomic E-state index is 5.37. The number of ether oxygens (including phenoxy) is 1. The Morgan fingerprint density at radius 2 is 1.65 bits per heavy atom. The molecule has 0 spiro atoms. The smallest absolute Gasteiger partial charge is 0.119 e. The third-order valence-electron chi connectivity index (χ3n) is 6.07. The maximum Gasteiger partial charge on any atom is 0.119 e. The SMILES string of the molecule is COc1ccc2c(c1)CCC([N+](C)(C1CC1)C1CC1)C2. The van der Waals surface area contributed by atoms with E-state index in [0.717, 1.165) is 23.9 Å². The average Bonchev–Trinajstić information content (AvgIpc) is 3.36. The van der Waals surface area contributed by atoms with Crippen LogP contribution in [0, 0.1) is 0 Å². The second-order valence-corrected chi connectivity index (χ2v) is 7.22. The fourth-order valence-corrected chi connectivity index (χ4v) is 4.47. The Balaban J connectivity index is 1.59. The first-order chi connectivity index (χ1) is 9.71. The molecular formula is C18H26NO+. The van der Waals surface area contributed by atoms with Crippen molar-refractivity contribution < 1.29 is 9.22 Å². The number of fused-ring (bicyclic) bond motifs is 1. The number of benzene rings is 1. The van der Waals surface area contributed by atoms with Crippen LogP contribution in [0.2, 0.25) is 0 Å². The van der Waals surface area contributed by atoms with E-state index in [9.17, 15) is 0 Å². The second-order valence-electron chi connectivity index (χ2n) is 7.22. The molecule has 0 radical (unpaired) electrons. The van der Waals surface area contributed by atoms with Crippen LogP contribution < -0.4 is 4.74 Å². The summed E-state index contributed by atoms with van der Waals surface area (Å²) >= 11 is 0. The lowest BCUT2D eigenvalue weighted by molar-refractivity contribution is -0.954. The monoisotopic (exact) mass is 272 g/mol. The summed E-state index contributed by atoms with van der Waals surface area (Å²) in [4.78, 5) is 0. The van der Waals surface area contributed by atoms with Gasteiger partial charge in [0.15, 0.2) is 0 Å². The standard InChI is InChI=1S/C18H26NO/c1-19(15-6-7-15,16-8-9-16)17-5-3-14-12-18(20-2)10-4-13(14)11-17/h4,10,12,15-17H,3,5-9,11H2,1-2H3/q+1. The molecule has 0 amide bonds. The maximum absolute atomic E-state index is 5.37. The van der Waals surface area contributed by atoms with Crippen molar-refractivity contribution in [2.24, 2.45) is 0 Å². The minimum Gasteiger partial charge on any atom is -0.497 e. The van der Waals surface area contributed by atoms with E-state index in [4.69, 9.17) is 4.74 Å². The van der Waals surface area contributed by atoms with Crippen molar-refractivity contribution >= 4 is 0 Å². The Labute approximate surface area is 122 Å². The summed E-state index contributed by atoms with van der Waals surface area (Å²) < 4.78 is 6.76. The van der Waals surface area contributed by atoms with E-state index >= 15 is 0 Å². The second kappa shape index (κ2) is 4.49. The molecule has 0 heterocycles. The molecule has 2 fully saturated rings. The van der Waals surface area contributed by atoms with Gasteiger partial charge >= 0.3 is 0 Å². The van der Waals surface area contributed by atoms with E-state index in [2.05, 4.69) is 25.2 Å². The molecule has 108 valence electrons. The van der Waals surface area contributed by atoms with Crippen LogP contribution in [-0.2, 0) is 12.8 Å². The Morgan fingerprint density at radius 1 is 0.950 bits per heavy atom. The van der Waals surface area contributed by atoms with Crippen LogP contribution in [-0.4, -0.2) is 36.8 Å². The predicted molar refractivity (Wildman–Crippen MR) is 81.0 cm³/mol. The van der Waals surface area contributed by atoms with E-state index in [1.165, 1.54) is 55.0 Å². The predicted octanol–water partition coefficient (Wildman–Crippen LogP) is 3.32. The third kappa shape index (κ3) is 1.96. The molecule has 1 aromatic rings. The Morgan fingerprint density at radius 3 is 2.25 bits per heavy atom. The van der Waals surface area contributed by atoms with E-state index in [1.807, 2.05) is 0 Å². The van der Waals surface area contributed by atoms with Gasteiger partial charge in [-0.2, -0.15) is 0 Å². The zero-order valence-corrected chi connectivity index (χ0v) is 12.8. The number of quaternary nitrogens is 1. The summed E-state index contributed by atoms with van der Waals surface area (Å²) in [6, 6.07) is 9.52. The molecule has 2 nitrogen and oxygen atoms in total. The number of aryl methyl sites for hydroxylation is 1. The van der Waals surface area contributed by atoms with Gasteiger partial charge in [0, 0.05) is 38.5 Å². The first kappa shape index (κ1) is 12.7. The average molecular weight is 272 g/mol. The quantitative estimate of drug-likeness (QED) is 0.764. The van der Waals surface area contributed by atoms with Gasteiger partial charge in [-0.05, 0) is 29.7 Å². The Bertz CT molecular complexity index is 504. The molecule has 0 N–H and O–H groups in total.